The van der Waals surface area contributed by atoms with Gasteiger partial charge in [0, 0.05) is 11.6 Å². The van der Waals surface area contributed by atoms with Gasteiger partial charge in [0.15, 0.2) is 0 Å². The minimum absolute atomic E-state index is 0.442. The van der Waals surface area contributed by atoms with E-state index < -0.39 is 6.10 Å². The van der Waals surface area contributed by atoms with Gasteiger partial charge in [-0.05, 0) is 31.0 Å². The van der Waals surface area contributed by atoms with Gasteiger partial charge in [-0.2, -0.15) is 0 Å². The SMILES string of the molecule is Cc1cnc2ccccc2c1C(C)O. The fourth-order valence-electron chi connectivity index (χ4n) is 1.82. The molecule has 0 bridgehead atoms. The van der Waals surface area contributed by atoms with Crippen LogP contribution in [0.5, 0.6) is 0 Å². The fraction of sp³-hybridized carbons (Fsp3) is 0.250. The number of para-hydroxylation sites is 1. The Bertz CT molecular complexity index is 463. The Kier molecular flexibility index (Phi) is 2.22. The predicted octanol–water partition coefficient (Wildman–Crippen LogP) is 2.60. The van der Waals surface area contributed by atoms with Crippen LogP contribution in [-0.4, -0.2) is 10.1 Å². The second-order valence-corrected chi connectivity index (χ2v) is 3.55. The molecule has 0 fully saturated rings. The Morgan fingerprint density at radius 2 is 2.00 bits per heavy atom. The maximum absolute atomic E-state index is 9.67. The molecular weight excluding hydrogens is 174 g/mol. The average molecular weight is 187 g/mol. The van der Waals surface area contributed by atoms with E-state index in [1.54, 1.807) is 6.92 Å². The van der Waals surface area contributed by atoms with Crippen LogP contribution in [0.25, 0.3) is 10.9 Å². The van der Waals surface area contributed by atoms with Gasteiger partial charge in [-0.25, -0.2) is 0 Å². The number of aliphatic hydroxyl groups excluding tert-OH is 1. The molecule has 0 amide bonds. The average Bonchev–Trinajstić information content (AvgIpc) is 2.17. The van der Waals surface area contributed by atoms with Crippen molar-refractivity contribution < 1.29 is 5.11 Å². The van der Waals surface area contributed by atoms with E-state index in [0.717, 1.165) is 22.0 Å². The predicted molar refractivity (Wildman–Crippen MR) is 57.1 cm³/mol. The molecule has 14 heavy (non-hydrogen) atoms. The Morgan fingerprint density at radius 1 is 1.29 bits per heavy atom. The second-order valence-electron chi connectivity index (χ2n) is 3.55. The van der Waals surface area contributed by atoms with Gasteiger partial charge >= 0.3 is 0 Å². The van der Waals surface area contributed by atoms with Crippen LogP contribution in [0.2, 0.25) is 0 Å². The van der Waals surface area contributed by atoms with Crippen molar-refractivity contribution in [3.8, 4) is 0 Å². The zero-order valence-corrected chi connectivity index (χ0v) is 8.36. The fourth-order valence-corrected chi connectivity index (χ4v) is 1.82. The number of fused-ring (bicyclic) bond motifs is 1. The van der Waals surface area contributed by atoms with E-state index in [1.807, 2.05) is 37.4 Å². The highest BCUT2D eigenvalue weighted by atomic mass is 16.3. The molecule has 1 aromatic carbocycles. The first-order valence-corrected chi connectivity index (χ1v) is 4.72. The summed E-state index contributed by atoms with van der Waals surface area (Å²) in [5.41, 5.74) is 2.96. The Morgan fingerprint density at radius 3 is 2.71 bits per heavy atom. The molecule has 0 saturated heterocycles. The standard InChI is InChI=1S/C12H13NO/c1-8-7-13-11-6-4-3-5-10(11)12(8)9(2)14/h3-7,9,14H,1-2H3. The minimum Gasteiger partial charge on any atom is -0.389 e. The van der Waals surface area contributed by atoms with Crippen LogP contribution in [0.4, 0.5) is 0 Å². The molecule has 2 aromatic rings. The molecule has 1 heterocycles. The van der Waals surface area contributed by atoms with Crippen LogP contribution >= 0.6 is 0 Å². The highest BCUT2D eigenvalue weighted by Crippen LogP contribution is 2.25. The van der Waals surface area contributed by atoms with Crippen LogP contribution in [0.3, 0.4) is 0 Å². The summed E-state index contributed by atoms with van der Waals surface area (Å²) in [6.45, 7) is 3.76. The molecule has 0 aliphatic rings. The Labute approximate surface area is 83.2 Å². The monoisotopic (exact) mass is 187 g/mol. The highest BCUT2D eigenvalue weighted by Gasteiger charge is 2.09. The van der Waals surface area contributed by atoms with E-state index in [1.165, 1.54) is 0 Å². The largest absolute Gasteiger partial charge is 0.389 e. The Hall–Kier alpha value is -1.41. The number of aromatic nitrogens is 1. The zero-order chi connectivity index (χ0) is 10.1. The van der Waals surface area contributed by atoms with Crippen molar-refractivity contribution in [3.05, 3.63) is 41.6 Å². The molecule has 1 N–H and O–H groups in total. The molecule has 0 saturated carbocycles. The van der Waals surface area contributed by atoms with Gasteiger partial charge in [-0.1, -0.05) is 18.2 Å². The summed E-state index contributed by atoms with van der Waals surface area (Å²) in [5, 5.41) is 10.7. The molecule has 1 unspecified atom stereocenters. The Balaban J connectivity index is 2.83. The topological polar surface area (TPSA) is 33.1 Å². The lowest BCUT2D eigenvalue weighted by Gasteiger charge is -2.11. The molecule has 0 aliphatic carbocycles. The van der Waals surface area contributed by atoms with E-state index in [9.17, 15) is 5.11 Å². The molecule has 1 atom stereocenters. The normalized spacial score (nSPS) is 13.1. The summed E-state index contributed by atoms with van der Waals surface area (Å²) in [6.07, 6.45) is 1.37. The van der Waals surface area contributed by atoms with Crippen LogP contribution in [0.15, 0.2) is 30.5 Å². The van der Waals surface area contributed by atoms with Crippen LogP contribution in [-0.2, 0) is 0 Å². The third-order valence-electron chi connectivity index (χ3n) is 2.43. The molecule has 0 radical (unpaired) electrons. The van der Waals surface area contributed by atoms with Gasteiger partial charge < -0.3 is 5.11 Å². The van der Waals surface area contributed by atoms with Crippen molar-refractivity contribution >= 4 is 10.9 Å². The molecule has 72 valence electrons. The van der Waals surface area contributed by atoms with Crippen LogP contribution in [0, 0.1) is 6.92 Å². The quantitative estimate of drug-likeness (QED) is 0.744. The summed E-state index contributed by atoms with van der Waals surface area (Å²) in [7, 11) is 0. The number of pyridine rings is 1. The van der Waals surface area contributed by atoms with Gasteiger partial charge in [0.1, 0.15) is 0 Å². The van der Waals surface area contributed by atoms with E-state index >= 15 is 0 Å². The smallest absolute Gasteiger partial charge is 0.0771 e. The number of aliphatic hydroxyl groups is 1. The van der Waals surface area contributed by atoms with Gasteiger partial charge in [0.2, 0.25) is 0 Å². The maximum Gasteiger partial charge on any atom is 0.0771 e. The number of aryl methyl sites for hydroxylation is 1. The lowest BCUT2D eigenvalue weighted by atomic mass is 10.0. The van der Waals surface area contributed by atoms with Crippen molar-refractivity contribution in [1.29, 1.82) is 0 Å². The zero-order valence-electron chi connectivity index (χ0n) is 8.36. The third-order valence-corrected chi connectivity index (χ3v) is 2.43. The number of rotatable bonds is 1. The molecule has 2 nitrogen and oxygen atoms in total. The summed E-state index contributed by atoms with van der Waals surface area (Å²) < 4.78 is 0. The van der Waals surface area contributed by atoms with Crippen LogP contribution in [0.1, 0.15) is 24.2 Å². The molecule has 2 heteroatoms. The molecule has 0 aliphatic heterocycles. The number of nitrogens with zero attached hydrogens (tertiary/aromatic N) is 1. The first-order valence-electron chi connectivity index (χ1n) is 4.72. The lowest BCUT2D eigenvalue weighted by Crippen LogP contribution is -1.97. The molecule has 0 spiro atoms. The summed E-state index contributed by atoms with van der Waals surface area (Å²) >= 11 is 0. The van der Waals surface area contributed by atoms with Crippen molar-refractivity contribution in [3.63, 3.8) is 0 Å². The summed E-state index contributed by atoms with van der Waals surface area (Å²) in [5.74, 6) is 0. The van der Waals surface area contributed by atoms with Gasteiger partial charge in [-0.3, -0.25) is 4.98 Å². The van der Waals surface area contributed by atoms with Gasteiger partial charge in [-0.15, -0.1) is 0 Å². The van der Waals surface area contributed by atoms with Gasteiger partial charge in [0.25, 0.3) is 0 Å². The number of hydrogen-bond donors (Lipinski definition) is 1. The maximum atomic E-state index is 9.67. The van der Waals surface area contributed by atoms with Crippen LogP contribution < -0.4 is 0 Å². The van der Waals surface area contributed by atoms with Crippen molar-refractivity contribution in [2.45, 2.75) is 20.0 Å². The van der Waals surface area contributed by atoms with Crippen molar-refractivity contribution in [1.82, 2.24) is 4.98 Å². The minimum atomic E-state index is -0.442. The van der Waals surface area contributed by atoms with E-state index in [2.05, 4.69) is 4.98 Å². The third kappa shape index (κ3) is 1.38. The summed E-state index contributed by atoms with van der Waals surface area (Å²) in [4.78, 5) is 4.31. The first-order chi connectivity index (χ1) is 6.70. The number of benzene rings is 1. The van der Waals surface area contributed by atoms with E-state index in [4.69, 9.17) is 0 Å². The summed E-state index contributed by atoms with van der Waals surface area (Å²) in [6, 6.07) is 7.88. The second kappa shape index (κ2) is 3.39. The molecule has 1 aromatic heterocycles. The van der Waals surface area contributed by atoms with E-state index in [-0.39, 0.29) is 0 Å². The van der Waals surface area contributed by atoms with Crippen molar-refractivity contribution in [2.24, 2.45) is 0 Å². The first kappa shape index (κ1) is 9.16. The number of hydrogen-bond acceptors (Lipinski definition) is 2. The molecule has 2 rings (SSSR count). The van der Waals surface area contributed by atoms with Crippen molar-refractivity contribution in [2.75, 3.05) is 0 Å². The van der Waals surface area contributed by atoms with Gasteiger partial charge in [0.05, 0.1) is 11.6 Å². The lowest BCUT2D eigenvalue weighted by molar-refractivity contribution is 0.200. The van der Waals surface area contributed by atoms with E-state index in [0.29, 0.717) is 0 Å². The highest BCUT2D eigenvalue weighted by molar-refractivity contribution is 5.83. The molecular formula is C12H13NO.